The second-order valence-electron chi connectivity index (χ2n) is 13.0. The normalized spacial score (nSPS) is 14.7. The van der Waals surface area contributed by atoms with Gasteiger partial charge in [0.15, 0.2) is 0 Å². The van der Waals surface area contributed by atoms with Crippen molar-refractivity contribution in [2.45, 2.75) is 38.5 Å². The fraction of sp³-hybridized carbons (Fsp3) is 0.130. The molecule has 2 aliphatic rings. The minimum absolute atomic E-state index is 0. The number of hydrogen-bond donors (Lipinski definition) is 0. The van der Waals surface area contributed by atoms with Gasteiger partial charge in [-0.1, -0.05) is 110 Å². The van der Waals surface area contributed by atoms with Gasteiger partial charge in [-0.15, -0.1) is 93.9 Å². The van der Waals surface area contributed by atoms with E-state index >= 15 is 0 Å². The van der Waals surface area contributed by atoms with Crippen LogP contribution in [0.5, 0.6) is 0 Å². The first kappa shape index (κ1) is 39.5. The Morgan fingerprint density at radius 3 is 1.24 bits per heavy atom. The summed E-state index contributed by atoms with van der Waals surface area (Å²) in [5.41, 5.74) is 11.7. The van der Waals surface area contributed by atoms with E-state index in [0.717, 1.165) is 12.8 Å². The maximum absolute atomic E-state index is 3.06. The fourth-order valence-electron chi connectivity index (χ4n) is 8.46. The van der Waals surface area contributed by atoms with Crippen LogP contribution in [0.1, 0.15) is 56.3 Å². The standard InChI is InChI=1S/2C22H17.2CH3.2ClH.Si.Zr/c2*1-14-11-16-7-4-9-18(20(16)12-14)21-13-17-8-2-5-15-6-3-10-19(21)22(15)17;;;;;;/h2*2-12,21H,13H2,1H3;2*1H3;2*1H;;/q4*-1;;;;. The molecule has 0 saturated carbocycles. The van der Waals surface area contributed by atoms with Crippen LogP contribution in [0, 0.1) is 28.7 Å². The molecule has 0 amide bonds. The molecule has 0 saturated heterocycles. The molecule has 0 bridgehead atoms. The Kier molecular flexibility index (Phi) is 13.0. The quantitative estimate of drug-likeness (QED) is 0.121. The molecule has 0 heterocycles. The molecular weight excluding hydrogens is 743 g/mol. The molecular formula is C46H42Cl2SiZr-4. The van der Waals surface area contributed by atoms with Crippen molar-refractivity contribution in [2.75, 3.05) is 0 Å². The van der Waals surface area contributed by atoms with Crippen LogP contribution in [-0.2, 0) is 36.2 Å². The summed E-state index contributed by atoms with van der Waals surface area (Å²) in [6.07, 6.45) is 2.25. The zero-order valence-corrected chi connectivity index (χ0v) is 34.2. The third-order valence-corrected chi connectivity index (χ3v) is 10.3. The number of rotatable bonds is 2. The summed E-state index contributed by atoms with van der Waals surface area (Å²) in [5, 5.41) is 11.3. The summed E-state index contributed by atoms with van der Waals surface area (Å²) in [6, 6.07) is 49.7. The van der Waals surface area contributed by atoms with Gasteiger partial charge in [-0.05, 0) is 56.6 Å². The average Bonchev–Trinajstić information content (AvgIpc) is 3.86. The number of hydrogen-bond acceptors (Lipinski definition) is 0. The zero-order chi connectivity index (χ0) is 31.4. The van der Waals surface area contributed by atoms with E-state index < -0.39 is 0 Å². The predicted molar refractivity (Wildman–Crippen MR) is 221 cm³/mol. The monoisotopic (exact) mass is 782 g/mol. The fourth-order valence-corrected chi connectivity index (χ4v) is 8.46. The van der Waals surface area contributed by atoms with Gasteiger partial charge in [-0.25, -0.2) is 0 Å². The van der Waals surface area contributed by atoms with E-state index in [1.54, 1.807) is 0 Å². The molecule has 2 radical (unpaired) electrons. The first-order chi connectivity index (χ1) is 22.6. The first-order valence-corrected chi connectivity index (χ1v) is 20.4. The van der Waals surface area contributed by atoms with Gasteiger partial charge >= 0.3 is 30.2 Å². The van der Waals surface area contributed by atoms with Crippen LogP contribution in [0.15, 0.2) is 133 Å². The summed E-state index contributed by atoms with van der Waals surface area (Å²) in [7, 11) is 0. The molecule has 4 heteroatoms. The van der Waals surface area contributed by atoms with Gasteiger partial charge in [0, 0.05) is 11.8 Å². The number of halogens is 2. The molecule has 252 valence electrons. The molecule has 8 aromatic carbocycles. The van der Waals surface area contributed by atoms with Gasteiger partial charge in [0.2, 0.25) is 0 Å². The molecule has 10 rings (SSSR count). The van der Waals surface area contributed by atoms with Crippen LogP contribution < -0.4 is 0 Å². The van der Waals surface area contributed by atoms with E-state index in [0.29, 0.717) is 11.8 Å². The Hall–Kier alpha value is -3.26. The summed E-state index contributed by atoms with van der Waals surface area (Å²) >= 11 is 1.36. The Morgan fingerprint density at radius 1 is 0.500 bits per heavy atom. The predicted octanol–water partition coefficient (Wildman–Crippen LogP) is 12.8. The number of aryl methyl sites for hydroxylation is 2. The van der Waals surface area contributed by atoms with E-state index in [1.807, 2.05) is 0 Å². The Labute approximate surface area is 327 Å². The van der Waals surface area contributed by atoms with E-state index in [-0.39, 0.29) is 39.7 Å². The summed E-state index contributed by atoms with van der Waals surface area (Å²) in [6.45, 7) is 7.44. The molecule has 0 aliphatic heterocycles. The van der Waals surface area contributed by atoms with E-state index in [4.69, 9.17) is 0 Å². The van der Waals surface area contributed by atoms with Crippen LogP contribution >= 0.6 is 24.8 Å². The van der Waals surface area contributed by atoms with Crippen molar-refractivity contribution in [2.24, 2.45) is 0 Å². The van der Waals surface area contributed by atoms with Gasteiger partial charge in [-0.3, -0.25) is 0 Å². The van der Waals surface area contributed by atoms with E-state index in [2.05, 4.69) is 154 Å². The molecule has 0 aromatic heterocycles. The van der Waals surface area contributed by atoms with E-state index in [1.165, 1.54) is 111 Å². The zero-order valence-electron chi connectivity index (χ0n) is 29.1. The van der Waals surface area contributed by atoms with Crippen LogP contribution in [0.3, 0.4) is 0 Å². The molecule has 2 aliphatic carbocycles. The molecule has 0 N–H and O–H groups in total. The Bertz CT molecular complexity index is 2240. The van der Waals surface area contributed by atoms with Crippen molar-refractivity contribution in [1.29, 1.82) is 0 Å². The molecule has 0 fully saturated rings. The van der Waals surface area contributed by atoms with Gasteiger partial charge in [0.05, 0.1) is 0 Å². The van der Waals surface area contributed by atoms with Crippen LogP contribution in [0.2, 0.25) is 0 Å². The van der Waals surface area contributed by atoms with Gasteiger partial charge < -0.3 is 14.9 Å². The Balaban J connectivity index is 0.000000199. The van der Waals surface area contributed by atoms with E-state index in [9.17, 15) is 0 Å². The summed E-state index contributed by atoms with van der Waals surface area (Å²) in [5.74, 6) is 0.984. The first-order valence-electron chi connectivity index (χ1n) is 16.2. The molecule has 8 aromatic rings. The van der Waals surface area contributed by atoms with Crippen molar-refractivity contribution in [3.05, 3.63) is 193 Å². The van der Waals surface area contributed by atoms with Crippen molar-refractivity contribution in [3.8, 4) is 0 Å². The second kappa shape index (κ2) is 16.4. The van der Waals surface area contributed by atoms with Crippen molar-refractivity contribution in [1.82, 2.24) is 0 Å². The van der Waals surface area contributed by atoms with Crippen molar-refractivity contribution < 1.29 is 23.3 Å². The topological polar surface area (TPSA) is 0 Å². The summed E-state index contributed by atoms with van der Waals surface area (Å²) in [4.78, 5) is 0. The van der Waals surface area contributed by atoms with Gasteiger partial charge in [0.1, 0.15) is 0 Å². The van der Waals surface area contributed by atoms with Crippen LogP contribution in [0.25, 0.3) is 43.1 Å². The van der Waals surface area contributed by atoms with Crippen LogP contribution in [-0.4, -0.2) is 6.88 Å². The maximum atomic E-state index is 3.06. The van der Waals surface area contributed by atoms with Gasteiger partial charge in [-0.2, -0.15) is 12.1 Å². The second-order valence-corrected chi connectivity index (χ2v) is 13.0. The molecule has 2 atom stereocenters. The van der Waals surface area contributed by atoms with Crippen molar-refractivity contribution in [3.63, 3.8) is 0 Å². The molecule has 0 spiro atoms. The third kappa shape index (κ3) is 6.73. The molecule has 0 nitrogen and oxygen atoms in total. The number of fused-ring (bicyclic) bond motifs is 2. The SMILES string of the molecule is Cc1cc2c(C3Cc4cccc5cccc3c45)cccc2[cH-]1.Cc1cc2c(C3Cc4cccc5cccc3c45)cccc2[cH-]1.Cl.Cl.[CH3-].[CH3-].[Si]=[Zr]. The summed E-state index contributed by atoms with van der Waals surface area (Å²) < 4.78 is 0. The van der Waals surface area contributed by atoms with Gasteiger partial charge in [0.25, 0.3) is 0 Å². The molecule has 50 heavy (non-hydrogen) atoms. The average molecular weight is 785 g/mol. The van der Waals surface area contributed by atoms with Crippen LogP contribution in [0.4, 0.5) is 0 Å². The minimum atomic E-state index is 0. The Morgan fingerprint density at radius 2 is 0.840 bits per heavy atom. The van der Waals surface area contributed by atoms with Crippen molar-refractivity contribution >= 4 is 74.8 Å². The number of benzene rings is 6. The molecule has 2 unspecified atom stereocenters. The third-order valence-electron chi connectivity index (χ3n) is 10.3.